The maximum atomic E-state index is 12.6. The van der Waals surface area contributed by atoms with Crippen molar-refractivity contribution in [3.8, 4) is 5.75 Å². The van der Waals surface area contributed by atoms with Crippen molar-refractivity contribution in [3.63, 3.8) is 0 Å². The van der Waals surface area contributed by atoms with Gasteiger partial charge in [0.25, 0.3) is 5.91 Å². The van der Waals surface area contributed by atoms with E-state index in [1.807, 2.05) is 0 Å². The van der Waals surface area contributed by atoms with E-state index in [2.05, 4.69) is 5.32 Å². The van der Waals surface area contributed by atoms with Crippen LogP contribution in [0.25, 0.3) is 10.1 Å². The van der Waals surface area contributed by atoms with Gasteiger partial charge in [-0.2, -0.15) is 0 Å². The molecule has 0 aliphatic rings. The third-order valence-corrected chi connectivity index (χ3v) is 7.26. The second-order valence-corrected chi connectivity index (χ2v) is 8.98. The van der Waals surface area contributed by atoms with E-state index in [4.69, 9.17) is 67.5 Å². The zero-order valence-corrected chi connectivity index (χ0v) is 19.9. The van der Waals surface area contributed by atoms with Crippen LogP contribution in [0, 0.1) is 0 Å². The number of amides is 1. The summed E-state index contributed by atoms with van der Waals surface area (Å²) in [4.78, 5) is 25.2. The maximum Gasteiger partial charge on any atom is 0.350 e. The number of rotatable bonds is 5. The molecular weight excluding hydrogens is 516 g/mol. The summed E-state index contributed by atoms with van der Waals surface area (Å²) >= 11 is 31.5. The number of anilines is 1. The molecule has 30 heavy (non-hydrogen) atoms. The lowest BCUT2D eigenvalue weighted by atomic mass is 10.2. The van der Waals surface area contributed by atoms with E-state index in [0.717, 1.165) is 11.3 Å². The number of halogens is 5. The first-order chi connectivity index (χ1) is 14.1. The smallest absolute Gasteiger partial charge is 0.350 e. The van der Waals surface area contributed by atoms with Crippen LogP contribution in [-0.2, 0) is 9.53 Å². The van der Waals surface area contributed by atoms with Gasteiger partial charge in [0.1, 0.15) is 15.6 Å². The summed E-state index contributed by atoms with van der Waals surface area (Å²) in [6.45, 7) is 1.41. The number of esters is 1. The predicted octanol–water partition coefficient (Wildman–Crippen LogP) is 7.36. The van der Waals surface area contributed by atoms with Gasteiger partial charge in [-0.15, -0.1) is 11.3 Å². The van der Waals surface area contributed by atoms with Gasteiger partial charge in [-0.25, -0.2) is 4.79 Å². The van der Waals surface area contributed by atoms with Gasteiger partial charge >= 0.3 is 5.97 Å². The lowest BCUT2D eigenvalue weighted by Crippen LogP contribution is -2.30. The number of fused-ring (bicyclic) bond motifs is 1. The maximum absolute atomic E-state index is 12.6. The highest BCUT2D eigenvalue weighted by molar-refractivity contribution is 7.22. The number of hydrogen-bond donors (Lipinski definition) is 1. The van der Waals surface area contributed by atoms with Crippen LogP contribution in [0.15, 0.2) is 24.3 Å². The Morgan fingerprint density at radius 1 is 1.00 bits per heavy atom. The molecule has 11 heteroatoms. The number of carbonyl (C=O) groups is 2. The van der Waals surface area contributed by atoms with E-state index in [1.165, 1.54) is 26.2 Å². The summed E-state index contributed by atoms with van der Waals surface area (Å²) in [6.07, 6.45) is -1.14. The SMILES string of the molecule is COc1ccc2c(Cl)c(C(=O)O[C@@H](C)C(=O)Nc3cc(Cl)c(Cl)cc3Cl)sc2c1Cl. The van der Waals surface area contributed by atoms with Gasteiger partial charge in [0, 0.05) is 5.39 Å². The van der Waals surface area contributed by atoms with Crippen molar-refractivity contribution < 1.29 is 19.1 Å². The average molecular weight is 528 g/mol. The van der Waals surface area contributed by atoms with E-state index in [9.17, 15) is 9.59 Å². The van der Waals surface area contributed by atoms with Crippen LogP contribution >= 0.6 is 69.3 Å². The molecule has 0 fully saturated rings. The van der Waals surface area contributed by atoms with E-state index >= 15 is 0 Å². The van der Waals surface area contributed by atoms with Crippen LogP contribution in [0.2, 0.25) is 25.1 Å². The number of hydrogen-bond acceptors (Lipinski definition) is 5. The standard InChI is InChI=1S/C19H12Cl5NO4S/c1-7(18(26)25-12-6-10(21)9(20)5-11(12)22)29-19(27)17-14(23)8-3-4-13(28-2)15(24)16(8)30-17/h3-7H,1-2H3,(H,25,26)/t7-/m0/s1. The third-order valence-electron chi connectivity index (χ3n) is 4.03. The minimum atomic E-state index is -1.14. The van der Waals surface area contributed by atoms with E-state index in [-0.39, 0.29) is 30.7 Å². The lowest BCUT2D eigenvalue weighted by Gasteiger charge is -2.14. The van der Waals surface area contributed by atoms with E-state index < -0.39 is 18.0 Å². The molecule has 1 aromatic heterocycles. The Bertz CT molecular complexity index is 1160. The van der Waals surface area contributed by atoms with Crippen LogP contribution in [0.3, 0.4) is 0 Å². The molecule has 0 aliphatic carbocycles. The fourth-order valence-electron chi connectivity index (χ4n) is 2.49. The second kappa shape index (κ2) is 9.39. The minimum Gasteiger partial charge on any atom is -0.495 e. The normalized spacial score (nSPS) is 12.0. The van der Waals surface area contributed by atoms with Gasteiger partial charge in [0.2, 0.25) is 0 Å². The Kier molecular flexibility index (Phi) is 7.28. The molecule has 0 spiro atoms. The molecule has 0 saturated heterocycles. The largest absolute Gasteiger partial charge is 0.495 e. The summed E-state index contributed by atoms with van der Waals surface area (Å²) in [5.74, 6) is -0.923. The Labute approximate surface area is 200 Å². The fourth-order valence-corrected chi connectivity index (χ4v) is 4.85. The molecular formula is C19H12Cl5NO4S. The number of benzene rings is 2. The fraction of sp³-hybridized carbons (Fsp3) is 0.158. The predicted molar refractivity (Wildman–Crippen MR) is 123 cm³/mol. The van der Waals surface area contributed by atoms with Gasteiger partial charge in [-0.1, -0.05) is 58.0 Å². The van der Waals surface area contributed by atoms with Crippen molar-refractivity contribution in [3.05, 3.63) is 54.3 Å². The average Bonchev–Trinajstić information content (AvgIpc) is 3.04. The van der Waals surface area contributed by atoms with Crippen LogP contribution in [-0.4, -0.2) is 25.1 Å². The minimum absolute atomic E-state index is 0.119. The number of methoxy groups -OCH3 is 1. The molecule has 2 aromatic carbocycles. The van der Waals surface area contributed by atoms with Crippen molar-refractivity contribution in [1.82, 2.24) is 0 Å². The Morgan fingerprint density at radius 3 is 2.33 bits per heavy atom. The van der Waals surface area contributed by atoms with Gasteiger partial charge in [0.05, 0.1) is 37.6 Å². The molecule has 1 atom stereocenters. The topological polar surface area (TPSA) is 64.6 Å². The molecule has 1 heterocycles. The summed E-state index contributed by atoms with van der Waals surface area (Å²) in [7, 11) is 1.48. The molecule has 1 N–H and O–H groups in total. The lowest BCUT2D eigenvalue weighted by molar-refractivity contribution is -0.123. The zero-order valence-electron chi connectivity index (χ0n) is 15.3. The van der Waals surface area contributed by atoms with Crippen LogP contribution in [0.5, 0.6) is 5.75 Å². The molecule has 0 aliphatic heterocycles. The molecule has 158 valence electrons. The summed E-state index contributed by atoms with van der Waals surface area (Å²) in [6, 6.07) is 6.14. The van der Waals surface area contributed by atoms with Crippen molar-refractivity contribution in [1.29, 1.82) is 0 Å². The zero-order chi connectivity index (χ0) is 22.2. The Hall–Kier alpha value is -1.41. The summed E-state index contributed by atoms with van der Waals surface area (Å²) in [5, 5.41) is 4.29. The highest BCUT2D eigenvalue weighted by Crippen LogP contribution is 2.43. The van der Waals surface area contributed by atoms with Gasteiger partial charge < -0.3 is 14.8 Å². The van der Waals surface area contributed by atoms with E-state index in [0.29, 0.717) is 20.9 Å². The number of thiophene rings is 1. The van der Waals surface area contributed by atoms with E-state index in [1.54, 1.807) is 12.1 Å². The van der Waals surface area contributed by atoms with Crippen LogP contribution < -0.4 is 10.1 Å². The number of nitrogens with one attached hydrogen (secondary N) is 1. The van der Waals surface area contributed by atoms with Crippen molar-refractivity contribution >= 4 is 97.0 Å². The van der Waals surface area contributed by atoms with Crippen LogP contribution in [0.4, 0.5) is 5.69 Å². The summed E-state index contributed by atoms with van der Waals surface area (Å²) in [5.41, 5.74) is 0.234. The highest BCUT2D eigenvalue weighted by atomic mass is 35.5. The monoisotopic (exact) mass is 525 g/mol. The third kappa shape index (κ3) is 4.59. The molecule has 0 saturated carbocycles. The number of ether oxygens (including phenoxy) is 2. The molecule has 3 rings (SSSR count). The molecule has 0 radical (unpaired) electrons. The first kappa shape index (κ1) is 23.3. The van der Waals surface area contributed by atoms with Gasteiger partial charge in [-0.3, -0.25) is 4.79 Å². The first-order valence-corrected chi connectivity index (χ1v) is 11.0. The highest BCUT2D eigenvalue weighted by Gasteiger charge is 2.25. The molecule has 1 amide bonds. The molecule has 5 nitrogen and oxygen atoms in total. The quantitative estimate of drug-likeness (QED) is 0.278. The summed E-state index contributed by atoms with van der Waals surface area (Å²) < 4.78 is 11.0. The van der Waals surface area contributed by atoms with Gasteiger partial charge in [0.15, 0.2) is 6.10 Å². The number of carbonyl (C=O) groups excluding carboxylic acids is 2. The molecule has 3 aromatic rings. The Balaban J connectivity index is 1.78. The van der Waals surface area contributed by atoms with Crippen LogP contribution in [0.1, 0.15) is 16.6 Å². The van der Waals surface area contributed by atoms with Crippen molar-refractivity contribution in [2.24, 2.45) is 0 Å². The first-order valence-electron chi connectivity index (χ1n) is 8.25. The van der Waals surface area contributed by atoms with Crippen molar-refractivity contribution in [2.75, 3.05) is 12.4 Å². The van der Waals surface area contributed by atoms with Gasteiger partial charge in [-0.05, 0) is 31.2 Å². The Morgan fingerprint density at radius 2 is 1.67 bits per heavy atom. The van der Waals surface area contributed by atoms with Crippen molar-refractivity contribution in [2.45, 2.75) is 13.0 Å². The second-order valence-electron chi connectivity index (χ2n) is 5.99. The molecule has 0 bridgehead atoms. The molecule has 0 unspecified atom stereocenters.